The van der Waals surface area contributed by atoms with Crippen molar-refractivity contribution in [3.05, 3.63) is 36.3 Å². The van der Waals surface area contributed by atoms with Crippen LogP contribution in [-0.2, 0) is 6.54 Å². The molecule has 0 bridgehead atoms. The number of rotatable bonds is 3. The van der Waals surface area contributed by atoms with Crippen molar-refractivity contribution in [1.82, 2.24) is 9.97 Å². The molecule has 0 atom stereocenters. The second-order valence-corrected chi connectivity index (χ2v) is 3.86. The first kappa shape index (κ1) is 10.7. The predicted molar refractivity (Wildman–Crippen MR) is 66.2 cm³/mol. The minimum absolute atomic E-state index is 0.488. The summed E-state index contributed by atoms with van der Waals surface area (Å²) >= 11 is 0. The second-order valence-electron chi connectivity index (χ2n) is 3.86. The van der Waals surface area contributed by atoms with Crippen molar-refractivity contribution in [1.29, 1.82) is 0 Å². The molecule has 0 spiro atoms. The highest BCUT2D eigenvalue weighted by Gasteiger charge is 2.11. The summed E-state index contributed by atoms with van der Waals surface area (Å²) in [4.78, 5) is 9.39. The Hall–Kier alpha value is -1.81. The van der Waals surface area contributed by atoms with E-state index in [0.29, 0.717) is 6.54 Å². The maximum Gasteiger partial charge on any atom is 0.133 e. The van der Waals surface area contributed by atoms with E-state index in [1.165, 1.54) is 0 Å². The number of nitrogens with zero attached hydrogens (tertiary/aromatic N) is 2. The maximum absolute atomic E-state index is 5.82. The number of anilines is 1. The third kappa shape index (κ3) is 1.79. The molecule has 0 saturated carbocycles. The molecule has 0 fully saturated rings. The number of aromatic amines is 1. The van der Waals surface area contributed by atoms with E-state index in [1.807, 2.05) is 49.7 Å². The van der Waals surface area contributed by atoms with Gasteiger partial charge in [-0.25, -0.2) is 4.98 Å². The van der Waals surface area contributed by atoms with Crippen LogP contribution < -0.4 is 10.6 Å². The van der Waals surface area contributed by atoms with Crippen molar-refractivity contribution in [3.63, 3.8) is 0 Å². The molecule has 84 valence electrons. The fraction of sp³-hybridized carbons (Fsp3) is 0.250. The molecule has 0 aromatic carbocycles. The van der Waals surface area contributed by atoms with Gasteiger partial charge in [-0.3, -0.25) is 0 Å². The topological polar surface area (TPSA) is 57.9 Å². The Morgan fingerprint density at radius 3 is 2.75 bits per heavy atom. The average Bonchev–Trinajstić information content (AvgIpc) is 2.81. The molecular weight excluding hydrogens is 200 g/mol. The summed E-state index contributed by atoms with van der Waals surface area (Å²) in [5.41, 5.74) is 9.18. The van der Waals surface area contributed by atoms with Crippen LogP contribution in [0, 0.1) is 0 Å². The normalized spacial score (nSPS) is 10.4. The highest BCUT2D eigenvalue weighted by Crippen LogP contribution is 2.28. The third-order valence-corrected chi connectivity index (χ3v) is 2.57. The summed E-state index contributed by atoms with van der Waals surface area (Å²) in [6, 6.07) is 4.03. The lowest BCUT2D eigenvalue weighted by Crippen LogP contribution is -2.15. The monoisotopic (exact) mass is 216 g/mol. The number of nitrogens with two attached hydrogens (primary N) is 1. The van der Waals surface area contributed by atoms with Crippen molar-refractivity contribution in [2.24, 2.45) is 5.73 Å². The van der Waals surface area contributed by atoms with E-state index in [1.54, 1.807) is 0 Å². The van der Waals surface area contributed by atoms with Crippen LogP contribution in [-0.4, -0.2) is 24.1 Å². The van der Waals surface area contributed by atoms with Crippen LogP contribution in [0.3, 0.4) is 0 Å². The molecule has 3 N–H and O–H groups in total. The van der Waals surface area contributed by atoms with Crippen molar-refractivity contribution in [2.45, 2.75) is 6.54 Å². The SMILES string of the molecule is CN(C)c1nccc(-c2cc[nH]c2)c1CN. The van der Waals surface area contributed by atoms with Crippen LogP contribution in [0.15, 0.2) is 30.7 Å². The lowest BCUT2D eigenvalue weighted by Gasteiger charge is -2.17. The Morgan fingerprint density at radius 2 is 2.19 bits per heavy atom. The van der Waals surface area contributed by atoms with Gasteiger partial charge in [0.15, 0.2) is 0 Å². The minimum Gasteiger partial charge on any atom is -0.367 e. The highest BCUT2D eigenvalue weighted by atomic mass is 15.1. The van der Waals surface area contributed by atoms with Gasteiger partial charge in [-0.05, 0) is 23.3 Å². The van der Waals surface area contributed by atoms with Gasteiger partial charge < -0.3 is 15.6 Å². The van der Waals surface area contributed by atoms with E-state index in [-0.39, 0.29) is 0 Å². The molecule has 2 aromatic heterocycles. The number of nitrogens with one attached hydrogen (secondary N) is 1. The Bertz CT molecular complexity index is 460. The first-order valence-electron chi connectivity index (χ1n) is 5.22. The van der Waals surface area contributed by atoms with Crippen molar-refractivity contribution >= 4 is 5.82 Å². The largest absolute Gasteiger partial charge is 0.367 e. The van der Waals surface area contributed by atoms with Crippen molar-refractivity contribution < 1.29 is 0 Å². The molecule has 0 saturated heterocycles. The number of H-pyrrole nitrogens is 1. The highest BCUT2D eigenvalue weighted by molar-refractivity contribution is 5.71. The van der Waals surface area contributed by atoms with E-state index in [4.69, 9.17) is 5.73 Å². The van der Waals surface area contributed by atoms with E-state index in [2.05, 4.69) is 9.97 Å². The summed E-state index contributed by atoms with van der Waals surface area (Å²) in [6.07, 6.45) is 5.69. The summed E-state index contributed by atoms with van der Waals surface area (Å²) < 4.78 is 0. The van der Waals surface area contributed by atoms with E-state index in [0.717, 1.165) is 22.5 Å². The zero-order chi connectivity index (χ0) is 11.5. The van der Waals surface area contributed by atoms with Crippen LogP contribution in [0.4, 0.5) is 5.82 Å². The molecule has 0 radical (unpaired) electrons. The summed E-state index contributed by atoms with van der Waals surface area (Å²) in [7, 11) is 3.95. The Labute approximate surface area is 95.1 Å². The third-order valence-electron chi connectivity index (χ3n) is 2.57. The van der Waals surface area contributed by atoms with Gasteiger partial charge in [-0.15, -0.1) is 0 Å². The number of hydrogen-bond donors (Lipinski definition) is 2. The fourth-order valence-electron chi connectivity index (χ4n) is 1.83. The lowest BCUT2D eigenvalue weighted by atomic mass is 10.0. The zero-order valence-electron chi connectivity index (χ0n) is 9.57. The molecule has 2 aromatic rings. The Kier molecular flexibility index (Phi) is 2.92. The van der Waals surface area contributed by atoms with Gasteiger partial charge in [0.25, 0.3) is 0 Å². The van der Waals surface area contributed by atoms with Gasteiger partial charge in [0, 0.05) is 44.8 Å². The average molecular weight is 216 g/mol. The minimum atomic E-state index is 0.488. The van der Waals surface area contributed by atoms with Crippen LogP contribution in [0.5, 0.6) is 0 Å². The molecule has 0 aliphatic rings. The molecule has 0 aliphatic heterocycles. The summed E-state index contributed by atoms with van der Waals surface area (Å²) in [6.45, 7) is 0.488. The molecular formula is C12H16N4. The number of pyridine rings is 1. The van der Waals surface area contributed by atoms with E-state index < -0.39 is 0 Å². The fourth-order valence-corrected chi connectivity index (χ4v) is 1.83. The predicted octanol–water partition coefficient (Wildman–Crippen LogP) is 1.60. The summed E-state index contributed by atoms with van der Waals surface area (Å²) in [5.74, 6) is 0.932. The summed E-state index contributed by atoms with van der Waals surface area (Å²) in [5, 5.41) is 0. The quantitative estimate of drug-likeness (QED) is 0.819. The Balaban J connectivity index is 2.58. The number of aromatic nitrogens is 2. The molecule has 0 amide bonds. The van der Waals surface area contributed by atoms with Gasteiger partial charge in [0.1, 0.15) is 5.82 Å². The lowest BCUT2D eigenvalue weighted by molar-refractivity contribution is 0.988. The van der Waals surface area contributed by atoms with E-state index in [9.17, 15) is 0 Å². The van der Waals surface area contributed by atoms with Gasteiger partial charge in [0.2, 0.25) is 0 Å². The molecule has 4 nitrogen and oxygen atoms in total. The molecule has 0 aliphatic carbocycles. The Morgan fingerprint density at radius 1 is 1.38 bits per heavy atom. The molecule has 0 unspecified atom stereocenters. The first-order chi connectivity index (χ1) is 7.74. The number of hydrogen-bond acceptors (Lipinski definition) is 3. The van der Waals surface area contributed by atoms with Crippen LogP contribution >= 0.6 is 0 Å². The smallest absolute Gasteiger partial charge is 0.133 e. The van der Waals surface area contributed by atoms with Crippen LogP contribution in [0.2, 0.25) is 0 Å². The van der Waals surface area contributed by atoms with Crippen LogP contribution in [0.1, 0.15) is 5.56 Å². The van der Waals surface area contributed by atoms with Gasteiger partial charge in [0.05, 0.1) is 0 Å². The first-order valence-corrected chi connectivity index (χ1v) is 5.22. The van der Waals surface area contributed by atoms with Crippen molar-refractivity contribution in [3.8, 4) is 11.1 Å². The van der Waals surface area contributed by atoms with E-state index >= 15 is 0 Å². The molecule has 2 rings (SSSR count). The van der Waals surface area contributed by atoms with Gasteiger partial charge in [-0.2, -0.15) is 0 Å². The van der Waals surface area contributed by atoms with Gasteiger partial charge in [-0.1, -0.05) is 0 Å². The van der Waals surface area contributed by atoms with Gasteiger partial charge >= 0.3 is 0 Å². The molecule has 2 heterocycles. The maximum atomic E-state index is 5.82. The second kappa shape index (κ2) is 4.37. The van der Waals surface area contributed by atoms with Crippen LogP contribution in [0.25, 0.3) is 11.1 Å². The van der Waals surface area contributed by atoms with Crippen molar-refractivity contribution in [2.75, 3.05) is 19.0 Å². The molecule has 16 heavy (non-hydrogen) atoms. The zero-order valence-corrected chi connectivity index (χ0v) is 9.57. The molecule has 4 heteroatoms. The standard InChI is InChI=1S/C12H16N4/c1-16(2)12-11(7-13)10(4-6-15-12)9-3-5-14-8-9/h3-6,8,14H,7,13H2,1-2H3.